The van der Waals surface area contributed by atoms with Crippen LogP contribution in [0.5, 0.6) is 0 Å². The standard InChI is InChI=1S/C15H14INO2/c16-13-7-3-4-8-14(13)17-10-12-6-2-1-5-11(12)9-15(18)19/h1-8,17H,9-10H2,(H,18,19). The van der Waals surface area contributed by atoms with E-state index >= 15 is 0 Å². The molecule has 0 aliphatic rings. The molecule has 0 atom stereocenters. The van der Waals surface area contributed by atoms with E-state index in [1.807, 2.05) is 48.5 Å². The molecule has 0 saturated carbocycles. The summed E-state index contributed by atoms with van der Waals surface area (Å²) in [4.78, 5) is 10.8. The number of para-hydroxylation sites is 1. The number of aliphatic carboxylic acids is 1. The Bertz CT molecular complexity index is 584. The predicted molar refractivity (Wildman–Crippen MR) is 84.3 cm³/mol. The van der Waals surface area contributed by atoms with Gasteiger partial charge >= 0.3 is 5.97 Å². The third-order valence-electron chi connectivity index (χ3n) is 2.80. The van der Waals surface area contributed by atoms with Gasteiger partial charge in [0.15, 0.2) is 0 Å². The van der Waals surface area contributed by atoms with Crippen molar-refractivity contribution in [1.82, 2.24) is 0 Å². The molecule has 2 aromatic carbocycles. The molecular weight excluding hydrogens is 353 g/mol. The van der Waals surface area contributed by atoms with Gasteiger partial charge in [0.1, 0.15) is 0 Å². The summed E-state index contributed by atoms with van der Waals surface area (Å²) in [5, 5.41) is 12.2. The highest BCUT2D eigenvalue weighted by atomic mass is 127. The van der Waals surface area contributed by atoms with Crippen LogP contribution >= 0.6 is 22.6 Å². The van der Waals surface area contributed by atoms with Crippen molar-refractivity contribution >= 4 is 34.2 Å². The van der Waals surface area contributed by atoms with Gasteiger partial charge in [-0.2, -0.15) is 0 Å². The van der Waals surface area contributed by atoms with Gasteiger partial charge < -0.3 is 10.4 Å². The van der Waals surface area contributed by atoms with E-state index in [4.69, 9.17) is 5.11 Å². The molecule has 0 saturated heterocycles. The molecule has 2 N–H and O–H groups in total. The van der Waals surface area contributed by atoms with E-state index in [-0.39, 0.29) is 6.42 Å². The summed E-state index contributed by atoms with van der Waals surface area (Å²) in [6.45, 7) is 0.628. The number of carbonyl (C=O) groups is 1. The van der Waals surface area contributed by atoms with E-state index in [2.05, 4.69) is 27.9 Å². The summed E-state index contributed by atoms with van der Waals surface area (Å²) < 4.78 is 1.15. The minimum atomic E-state index is -0.804. The molecule has 0 aromatic heterocycles. The maximum Gasteiger partial charge on any atom is 0.307 e. The lowest BCUT2D eigenvalue weighted by Gasteiger charge is -2.11. The lowest BCUT2D eigenvalue weighted by Crippen LogP contribution is -2.07. The molecule has 98 valence electrons. The SMILES string of the molecule is O=C(O)Cc1ccccc1CNc1ccccc1I. The van der Waals surface area contributed by atoms with Crippen LogP contribution in [0.1, 0.15) is 11.1 Å². The van der Waals surface area contributed by atoms with Gasteiger partial charge in [0, 0.05) is 15.8 Å². The minimum absolute atomic E-state index is 0.0593. The van der Waals surface area contributed by atoms with Crippen molar-refractivity contribution in [2.75, 3.05) is 5.32 Å². The van der Waals surface area contributed by atoms with Crippen molar-refractivity contribution in [1.29, 1.82) is 0 Å². The van der Waals surface area contributed by atoms with Crippen LogP contribution in [-0.2, 0) is 17.8 Å². The zero-order valence-corrected chi connectivity index (χ0v) is 12.4. The van der Waals surface area contributed by atoms with Gasteiger partial charge in [-0.3, -0.25) is 4.79 Å². The smallest absolute Gasteiger partial charge is 0.307 e. The lowest BCUT2D eigenvalue weighted by atomic mass is 10.0. The average Bonchev–Trinajstić information content (AvgIpc) is 2.39. The molecule has 2 aromatic rings. The second kappa shape index (κ2) is 6.56. The largest absolute Gasteiger partial charge is 0.481 e. The van der Waals surface area contributed by atoms with Crippen LogP contribution in [0.2, 0.25) is 0 Å². The number of rotatable bonds is 5. The van der Waals surface area contributed by atoms with E-state index in [1.54, 1.807) is 0 Å². The van der Waals surface area contributed by atoms with Gasteiger partial charge in [-0.05, 0) is 45.9 Å². The number of hydrogen-bond acceptors (Lipinski definition) is 2. The monoisotopic (exact) mass is 367 g/mol. The molecular formula is C15H14INO2. The molecule has 2 rings (SSSR count). The fraction of sp³-hybridized carbons (Fsp3) is 0.133. The molecule has 0 amide bonds. The van der Waals surface area contributed by atoms with E-state index in [0.717, 1.165) is 20.4 Å². The molecule has 0 fully saturated rings. The number of nitrogens with one attached hydrogen (secondary N) is 1. The maximum absolute atomic E-state index is 10.8. The normalized spacial score (nSPS) is 10.2. The van der Waals surface area contributed by atoms with Crippen LogP contribution in [0.4, 0.5) is 5.69 Å². The second-order valence-corrected chi connectivity index (χ2v) is 5.33. The van der Waals surface area contributed by atoms with Crippen molar-refractivity contribution in [3.8, 4) is 0 Å². The summed E-state index contributed by atoms with van der Waals surface area (Å²) in [5.74, 6) is -0.804. The number of benzene rings is 2. The van der Waals surface area contributed by atoms with Crippen LogP contribution in [0, 0.1) is 3.57 Å². The van der Waals surface area contributed by atoms with Crippen LogP contribution in [0.25, 0.3) is 0 Å². The average molecular weight is 367 g/mol. The van der Waals surface area contributed by atoms with Crippen LogP contribution in [0.15, 0.2) is 48.5 Å². The Morgan fingerprint density at radius 2 is 1.68 bits per heavy atom. The zero-order chi connectivity index (χ0) is 13.7. The Hall–Kier alpha value is -1.56. The molecule has 0 unspecified atom stereocenters. The molecule has 0 bridgehead atoms. The third-order valence-corrected chi connectivity index (χ3v) is 3.74. The Morgan fingerprint density at radius 3 is 2.37 bits per heavy atom. The first-order chi connectivity index (χ1) is 9.16. The number of carboxylic acid groups (broad SMARTS) is 1. The minimum Gasteiger partial charge on any atom is -0.481 e. The molecule has 0 aliphatic heterocycles. The van der Waals surface area contributed by atoms with E-state index in [0.29, 0.717) is 6.54 Å². The highest BCUT2D eigenvalue weighted by Crippen LogP contribution is 2.19. The zero-order valence-electron chi connectivity index (χ0n) is 10.3. The van der Waals surface area contributed by atoms with Crippen molar-refractivity contribution < 1.29 is 9.90 Å². The van der Waals surface area contributed by atoms with E-state index in [9.17, 15) is 4.79 Å². The molecule has 3 nitrogen and oxygen atoms in total. The maximum atomic E-state index is 10.8. The summed E-state index contributed by atoms with van der Waals surface area (Å²) in [6.07, 6.45) is 0.0593. The van der Waals surface area contributed by atoms with Crippen LogP contribution in [0.3, 0.4) is 0 Å². The van der Waals surface area contributed by atoms with Gasteiger partial charge in [-0.25, -0.2) is 0 Å². The molecule has 0 aliphatic carbocycles. The van der Waals surface area contributed by atoms with Crippen molar-refractivity contribution in [2.45, 2.75) is 13.0 Å². The van der Waals surface area contributed by atoms with Gasteiger partial charge in [-0.15, -0.1) is 0 Å². The van der Waals surface area contributed by atoms with Gasteiger partial charge in [0.2, 0.25) is 0 Å². The number of halogens is 1. The lowest BCUT2D eigenvalue weighted by molar-refractivity contribution is -0.136. The summed E-state index contributed by atoms with van der Waals surface area (Å²) in [5.41, 5.74) is 2.94. The quantitative estimate of drug-likeness (QED) is 0.795. The number of hydrogen-bond donors (Lipinski definition) is 2. The highest BCUT2D eigenvalue weighted by Gasteiger charge is 2.06. The van der Waals surface area contributed by atoms with Crippen molar-refractivity contribution in [3.63, 3.8) is 0 Å². The molecule has 19 heavy (non-hydrogen) atoms. The first kappa shape index (κ1) is 13.9. The molecule has 0 spiro atoms. The highest BCUT2D eigenvalue weighted by molar-refractivity contribution is 14.1. The first-order valence-corrected chi connectivity index (χ1v) is 7.01. The second-order valence-electron chi connectivity index (χ2n) is 4.17. The molecule has 4 heteroatoms. The Kier molecular flexibility index (Phi) is 4.79. The van der Waals surface area contributed by atoms with Gasteiger partial charge in [0.25, 0.3) is 0 Å². The number of anilines is 1. The number of carboxylic acids is 1. The third kappa shape index (κ3) is 3.96. The van der Waals surface area contributed by atoms with Gasteiger partial charge in [-0.1, -0.05) is 36.4 Å². The van der Waals surface area contributed by atoms with E-state index < -0.39 is 5.97 Å². The van der Waals surface area contributed by atoms with Crippen molar-refractivity contribution in [2.24, 2.45) is 0 Å². The Balaban J connectivity index is 2.11. The Labute approximate surface area is 125 Å². The van der Waals surface area contributed by atoms with Crippen LogP contribution < -0.4 is 5.32 Å². The van der Waals surface area contributed by atoms with Crippen LogP contribution in [-0.4, -0.2) is 11.1 Å². The van der Waals surface area contributed by atoms with Gasteiger partial charge in [0.05, 0.1) is 6.42 Å². The molecule has 0 heterocycles. The van der Waals surface area contributed by atoms with E-state index in [1.165, 1.54) is 0 Å². The summed E-state index contributed by atoms with van der Waals surface area (Å²) >= 11 is 2.28. The fourth-order valence-corrected chi connectivity index (χ4v) is 2.44. The molecule has 0 radical (unpaired) electrons. The topological polar surface area (TPSA) is 49.3 Å². The summed E-state index contributed by atoms with van der Waals surface area (Å²) in [7, 11) is 0. The first-order valence-electron chi connectivity index (χ1n) is 5.94. The summed E-state index contributed by atoms with van der Waals surface area (Å²) in [6, 6.07) is 15.6. The Morgan fingerprint density at radius 1 is 1.05 bits per heavy atom. The predicted octanol–water partition coefficient (Wildman–Crippen LogP) is 3.53. The fourth-order valence-electron chi connectivity index (χ4n) is 1.86. The van der Waals surface area contributed by atoms with Crippen molar-refractivity contribution in [3.05, 3.63) is 63.2 Å².